The van der Waals surface area contributed by atoms with Crippen LogP contribution in [-0.2, 0) is 6.54 Å². The summed E-state index contributed by atoms with van der Waals surface area (Å²) in [6.07, 6.45) is 0. The largest absolute Gasteiger partial charge is 0.471 e. The molecule has 1 aromatic heterocycles. The minimum atomic E-state index is 0.414. The van der Waals surface area contributed by atoms with Gasteiger partial charge in [0.05, 0.1) is 11.6 Å². The van der Waals surface area contributed by atoms with E-state index in [0.29, 0.717) is 29.1 Å². The first-order valence-corrected chi connectivity index (χ1v) is 6.60. The van der Waals surface area contributed by atoms with Gasteiger partial charge in [-0.3, -0.25) is 0 Å². The van der Waals surface area contributed by atoms with Crippen LogP contribution in [0.1, 0.15) is 17.0 Å². The van der Waals surface area contributed by atoms with Crippen LogP contribution in [0.2, 0.25) is 10.0 Å². The molecule has 1 aromatic carbocycles. The lowest BCUT2D eigenvalue weighted by Gasteiger charge is -2.30. The van der Waals surface area contributed by atoms with Gasteiger partial charge in [0, 0.05) is 10.6 Å². The molecule has 3 rings (SSSR count). The molecule has 0 amide bonds. The highest BCUT2D eigenvalue weighted by molar-refractivity contribution is 6.35. The average Bonchev–Trinajstić information content (AvgIpc) is 2.68. The number of aromatic nitrogens is 1. The van der Waals surface area contributed by atoms with Crippen LogP contribution in [-0.4, -0.2) is 11.9 Å². The van der Waals surface area contributed by atoms with E-state index < -0.39 is 0 Å². The van der Waals surface area contributed by atoms with Crippen molar-refractivity contribution in [3.05, 3.63) is 39.2 Å². The zero-order valence-corrected chi connectivity index (χ0v) is 12.0. The molecule has 100 valence electrons. The van der Waals surface area contributed by atoms with Crippen molar-refractivity contribution in [1.29, 1.82) is 0 Å². The molecule has 19 heavy (non-hydrogen) atoms. The van der Waals surface area contributed by atoms with Crippen molar-refractivity contribution in [2.45, 2.75) is 20.4 Å². The lowest BCUT2D eigenvalue weighted by molar-refractivity contribution is 0.288. The van der Waals surface area contributed by atoms with Crippen LogP contribution in [0.5, 0.6) is 5.75 Å². The summed E-state index contributed by atoms with van der Waals surface area (Å²) in [7, 11) is 0. The van der Waals surface area contributed by atoms with E-state index in [1.165, 1.54) is 0 Å². The van der Waals surface area contributed by atoms with E-state index in [1.807, 2.05) is 19.9 Å². The van der Waals surface area contributed by atoms with Crippen molar-refractivity contribution in [3.63, 3.8) is 0 Å². The maximum atomic E-state index is 6.12. The highest BCUT2D eigenvalue weighted by Gasteiger charge is 2.24. The highest BCUT2D eigenvalue weighted by Crippen LogP contribution is 2.38. The topological polar surface area (TPSA) is 38.5 Å². The number of anilines is 1. The summed E-state index contributed by atoms with van der Waals surface area (Å²) < 4.78 is 10.9. The third-order valence-electron chi connectivity index (χ3n) is 3.12. The fourth-order valence-electron chi connectivity index (χ4n) is 2.36. The molecule has 0 saturated heterocycles. The molecule has 0 unspecified atom stereocenters. The molecular weight excluding hydrogens is 287 g/mol. The first-order chi connectivity index (χ1) is 9.06. The predicted octanol–water partition coefficient (Wildman–Crippen LogP) is 3.95. The summed E-state index contributed by atoms with van der Waals surface area (Å²) in [5, 5.41) is 5.11. The van der Waals surface area contributed by atoms with Gasteiger partial charge in [0.1, 0.15) is 17.1 Å². The van der Waals surface area contributed by atoms with Crippen LogP contribution in [0, 0.1) is 13.8 Å². The quantitative estimate of drug-likeness (QED) is 0.799. The number of aryl methyl sites for hydroxylation is 2. The van der Waals surface area contributed by atoms with Gasteiger partial charge in [0.15, 0.2) is 12.5 Å². The summed E-state index contributed by atoms with van der Waals surface area (Å²) in [5.74, 6) is 1.48. The van der Waals surface area contributed by atoms with Crippen molar-refractivity contribution in [2.75, 3.05) is 11.6 Å². The van der Waals surface area contributed by atoms with Crippen molar-refractivity contribution in [2.24, 2.45) is 0 Å². The molecule has 0 atom stereocenters. The molecular formula is C13H12Cl2N2O2. The number of nitrogens with zero attached hydrogens (tertiary/aromatic N) is 2. The number of hydrogen-bond donors (Lipinski definition) is 0. The Labute approximate surface area is 120 Å². The Balaban J connectivity index is 1.99. The molecule has 1 aliphatic heterocycles. The molecule has 0 radical (unpaired) electrons. The third kappa shape index (κ3) is 2.15. The summed E-state index contributed by atoms with van der Waals surface area (Å²) in [6.45, 7) is 4.87. The summed E-state index contributed by atoms with van der Waals surface area (Å²) in [5.41, 5.74) is 2.77. The lowest BCUT2D eigenvalue weighted by Crippen LogP contribution is -2.32. The Morgan fingerprint density at radius 3 is 2.74 bits per heavy atom. The molecule has 4 nitrogen and oxygen atoms in total. The Hall–Kier alpha value is -1.39. The SMILES string of the molecule is Cc1noc(C)c1N1COc2c(Cl)cc(Cl)cc2C1. The zero-order chi connectivity index (χ0) is 13.6. The standard InChI is InChI=1S/C13H12Cl2N2O2/c1-7-12(8(2)19-16-7)17-5-9-3-10(14)4-11(15)13(9)18-6-17/h3-4H,5-6H2,1-2H3. The van der Waals surface area contributed by atoms with Gasteiger partial charge in [-0.1, -0.05) is 28.4 Å². The van der Waals surface area contributed by atoms with E-state index in [2.05, 4.69) is 10.1 Å². The number of rotatable bonds is 1. The second-order valence-corrected chi connectivity index (χ2v) is 5.36. The Bertz CT molecular complexity index is 620. The molecule has 2 aromatic rings. The number of halogens is 2. The van der Waals surface area contributed by atoms with E-state index in [4.69, 9.17) is 32.5 Å². The van der Waals surface area contributed by atoms with Crippen LogP contribution in [0.15, 0.2) is 16.7 Å². The lowest BCUT2D eigenvalue weighted by atomic mass is 10.1. The Kier molecular flexibility index (Phi) is 3.07. The second-order valence-electron chi connectivity index (χ2n) is 4.52. The predicted molar refractivity (Wildman–Crippen MR) is 74.1 cm³/mol. The van der Waals surface area contributed by atoms with Crippen molar-refractivity contribution in [3.8, 4) is 5.75 Å². The van der Waals surface area contributed by atoms with Crippen LogP contribution in [0.25, 0.3) is 0 Å². The number of ether oxygens (including phenoxy) is 1. The van der Waals surface area contributed by atoms with Crippen molar-refractivity contribution < 1.29 is 9.26 Å². The van der Waals surface area contributed by atoms with Gasteiger partial charge in [-0.2, -0.15) is 0 Å². The molecule has 0 saturated carbocycles. The average molecular weight is 299 g/mol. The first kappa shape index (κ1) is 12.6. The highest BCUT2D eigenvalue weighted by atomic mass is 35.5. The summed E-state index contributed by atoms with van der Waals surface area (Å²) in [6, 6.07) is 3.56. The molecule has 0 bridgehead atoms. The molecule has 0 N–H and O–H groups in total. The van der Waals surface area contributed by atoms with E-state index >= 15 is 0 Å². The van der Waals surface area contributed by atoms with E-state index in [0.717, 1.165) is 22.7 Å². The van der Waals surface area contributed by atoms with Crippen LogP contribution >= 0.6 is 23.2 Å². The van der Waals surface area contributed by atoms with E-state index in [9.17, 15) is 0 Å². The normalized spacial score (nSPS) is 14.2. The van der Waals surface area contributed by atoms with Gasteiger partial charge in [0.2, 0.25) is 0 Å². The number of hydrogen-bond acceptors (Lipinski definition) is 4. The minimum absolute atomic E-state index is 0.414. The molecule has 6 heteroatoms. The fourth-order valence-corrected chi connectivity index (χ4v) is 2.95. The number of fused-ring (bicyclic) bond motifs is 1. The maximum absolute atomic E-state index is 6.12. The Morgan fingerprint density at radius 1 is 1.26 bits per heavy atom. The van der Waals surface area contributed by atoms with Crippen molar-refractivity contribution >= 4 is 28.9 Å². The van der Waals surface area contributed by atoms with Gasteiger partial charge < -0.3 is 14.2 Å². The zero-order valence-electron chi connectivity index (χ0n) is 10.5. The fraction of sp³-hybridized carbons (Fsp3) is 0.308. The molecule has 0 spiro atoms. The maximum Gasteiger partial charge on any atom is 0.162 e. The summed E-state index contributed by atoms with van der Waals surface area (Å²) >= 11 is 12.2. The third-order valence-corrected chi connectivity index (χ3v) is 3.62. The van der Waals surface area contributed by atoms with Gasteiger partial charge >= 0.3 is 0 Å². The molecule has 2 heterocycles. The van der Waals surface area contributed by atoms with Gasteiger partial charge in [0.25, 0.3) is 0 Å². The van der Waals surface area contributed by atoms with Crippen molar-refractivity contribution in [1.82, 2.24) is 5.16 Å². The van der Waals surface area contributed by atoms with Gasteiger partial charge in [-0.15, -0.1) is 0 Å². The summed E-state index contributed by atoms with van der Waals surface area (Å²) in [4.78, 5) is 2.05. The van der Waals surface area contributed by atoms with Crippen LogP contribution in [0.4, 0.5) is 5.69 Å². The van der Waals surface area contributed by atoms with Gasteiger partial charge in [-0.25, -0.2) is 0 Å². The molecule has 0 fully saturated rings. The molecule has 0 aliphatic carbocycles. The monoisotopic (exact) mass is 298 g/mol. The van der Waals surface area contributed by atoms with E-state index in [1.54, 1.807) is 6.07 Å². The van der Waals surface area contributed by atoms with Crippen LogP contribution < -0.4 is 9.64 Å². The smallest absolute Gasteiger partial charge is 0.162 e. The van der Waals surface area contributed by atoms with Crippen LogP contribution in [0.3, 0.4) is 0 Å². The van der Waals surface area contributed by atoms with Gasteiger partial charge in [-0.05, 0) is 26.0 Å². The minimum Gasteiger partial charge on any atom is -0.471 e. The number of benzene rings is 1. The second kappa shape index (κ2) is 4.62. The van der Waals surface area contributed by atoms with E-state index in [-0.39, 0.29) is 0 Å². The Morgan fingerprint density at radius 2 is 2.05 bits per heavy atom. The first-order valence-electron chi connectivity index (χ1n) is 5.85. The molecule has 1 aliphatic rings.